The molecule has 0 bridgehead atoms. The highest BCUT2D eigenvalue weighted by molar-refractivity contribution is 5.78. The third kappa shape index (κ3) is 2.87. The normalized spacial score (nSPS) is 24.1. The molecule has 2 N–H and O–H groups in total. The van der Waals surface area contributed by atoms with Gasteiger partial charge in [0.25, 0.3) is 0 Å². The Labute approximate surface area is 113 Å². The summed E-state index contributed by atoms with van der Waals surface area (Å²) in [5.74, 6) is 0.695. The molecule has 1 aromatic heterocycles. The molecular weight excluding hydrogens is 236 g/mol. The first kappa shape index (κ1) is 12.4. The van der Waals surface area contributed by atoms with Crippen molar-refractivity contribution in [3.8, 4) is 5.88 Å². The number of nitrogens with zero attached hydrogens (tertiary/aromatic N) is 1. The van der Waals surface area contributed by atoms with E-state index in [-0.39, 0.29) is 12.1 Å². The van der Waals surface area contributed by atoms with E-state index in [1.165, 1.54) is 19.3 Å². The molecular formula is C16H20N2O. The van der Waals surface area contributed by atoms with E-state index < -0.39 is 0 Å². The van der Waals surface area contributed by atoms with Crippen molar-refractivity contribution in [3.63, 3.8) is 0 Å². The van der Waals surface area contributed by atoms with Crippen molar-refractivity contribution in [2.75, 3.05) is 0 Å². The van der Waals surface area contributed by atoms with Crippen LogP contribution in [0.4, 0.5) is 0 Å². The van der Waals surface area contributed by atoms with Gasteiger partial charge in [0.1, 0.15) is 6.10 Å². The molecule has 3 rings (SSSR count). The number of hydrogen-bond acceptors (Lipinski definition) is 3. The van der Waals surface area contributed by atoms with Gasteiger partial charge < -0.3 is 10.5 Å². The maximum atomic E-state index is 6.19. The predicted octanol–water partition coefficient (Wildman–Crippen LogP) is 3.27. The Kier molecular flexibility index (Phi) is 3.65. The van der Waals surface area contributed by atoms with Crippen molar-refractivity contribution in [3.05, 3.63) is 36.4 Å². The lowest BCUT2D eigenvalue weighted by atomic mass is 10.1. The van der Waals surface area contributed by atoms with Crippen molar-refractivity contribution in [2.45, 2.75) is 44.2 Å². The highest BCUT2D eigenvalue weighted by Gasteiger charge is 2.22. The predicted molar refractivity (Wildman–Crippen MR) is 77.2 cm³/mol. The number of hydrogen-bond donors (Lipinski definition) is 1. The molecule has 1 fully saturated rings. The minimum atomic E-state index is 0.108. The lowest BCUT2D eigenvalue weighted by Gasteiger charge is -2.22. The van der Waals surface area contributed by atoms with Crippen LogP contribution in [0.2, 0.25) is 0 Å². The van der Waals surface area contributed by atoms with Crippen LogP contribution in [0, 0.1) is 0 Å². The second-order valence-corrected chi connectivity index (χ2v) is 5.30. The fourth-order valence-electron chi connectivity index (χ4n) is 2.72. The molecule has 1 saturated carbocycles. The van der Waals surface area contributed by atoms with Crippen LogP contribution in [0.1, 0.15) is 32.1 Å². The standard InChI is InChI=1S/C16H20N2O/c17-13-7-2-1-3-9-15(13)19-16-11-10-12-6-4-5-8-14(12)18-16/h4-6,8,10-11,13,15H,1-3,7,9,17H2. The van der Waals surface area contributed by atoms with Gasteiger partial charge in [0, 0.05) is 17.5 Å². The summed E-state index contributed by atoms with van der Waals surface area (Å²) in [7, 11) is 0. The lowest BCUT2D eigenvalue weighted by Crippen LogP contribution is -2.38. The van der Waals surface area contributed by atoms with Crippen molar-refractivity contribution >= 4 is 10.9 Å². The number of ether oxygens (including phenoxy) is 1. The van der Waals surface area contributed by atoms with Crippen molar-refractivity contribution in [1.29, 1.82) is 0 Å². The first-order chi connectivity index (χ1) is 9.33. The van der Waals surface area contributed by atoms with Crippen LogP contribution in [0.15, 0.2) is 36.4 Å². The monoisotopic (exact) mass is 256 g/mol. The Hall–Kier alpha value is -1.61. The SMILES string of the molecule is NC1CCCCCC1Oc1ccc2ccccc2n1. The van der Waals surface area contributed by atoms with Crippen LogP contribution < -0.4 is 10.5 Å². The van der Waals surface area contributed by atoms with Gasteiger partial charge in [0.05, 0.1) is 5.52 Å². The summed E-state index contributed by atoms with van der Waals surface area (Å²) in [6.07, 6.45) is 5.88. The Bertz CT molecular complexity index is 555. The van der Waals surface area contributed by atoms with Crippen LogP contribution >= 0.6 is 0 Å². The van der Waals surface area contributed by atoms with Gasteiger partial charge >= 0.3 is 0 Å². The average Bonchev–Trinajstić information content (AvgIpc) is 2.64. The van der Waals surface area contributed by atoms with E-state index in [0.29, 0.717) is 5.88 Å². The highest BCUT2D eigenvalue weighted by Crippen LogP contribution is 2.23. The number of para-hydroxylation sites is 1. The molecule has 2 unspecified atom stereocenters. The highest BCUT2D eigenvalue weighted by atomic mass is 16.5. The Morgan fingerprint density at radius 1 is 1.00 bits per heavy atom. The van der Waals surface area contributed by atoms with E-state index in [0.717, 1.165) is 23.7 Å². The van der Waals surface area contributed by atoms with Crippen LogP contribution in [-0.4, -0.2) is 17.1 Å². The van der Waals surface area contributed by atoms with Crippen molar-refractivity contribution in [2.24, 2.45) is 5.73 Å². The molecule has 0 saturated heterocycles. The van der Waals surface area contributed by atoms with E-state index in [2.05, 4.69) is 17.1 Å². The van der Waals surface area contributed by atoms with Crippen LogP contribution in [0.3, 0.4) is 0 Å². The number of rotatable bonds is 2. The lowest BCUT2D eigenvalue weighted by molar-refractivity contribution is 0.156. The van der Waals surface area contributed by atoms with Gasteiger partial charge in [-0.3, -0.25) is 0 Å². The third-order valence-corrected chi connectivity index (χ3v) is 3.85. The second-order valence-electron chi connectivity index (χ2n) is 5.30. The molecule has 1 aliphatic rings. The molecule has 3 nitrogen and oxygen atoms in total. The molecule has 0 amide bonds. The summed E-state index contributed by atoms with van der Waals surface area (Å²) in [6, 6.07) is 12.2. The van der Waals surface area contributed by atoms with Gasteiger partial charge in [-0.15, -0.1) is 0 Å². The zero-order valence-electron chi connectivity index (χ0n) is 11.1. The fraction of sp³-hybridized carbons (Fsp3) is 0.438. The van der Waals surface area contributed by atoms with E-state index in [1.807, 2.05) is 24.3 Å². The summed E-state index contributed by atoms with van der Waals surface area (Å²) in [4.78, 5) is 4.56. The van der Waals surface area contributed by atoms with Crippen LogP contribution in [0.5, 0.6) is 5.88 Å². The smallest absolute Gasteiger partial charge is 0.214 e. The average molecular weight is 256 g/mol. The number of pyridine rings is 1. The molecule has 0 radical (unpaired) electrons. The van der Waals surface area contributed by atoms with Gasteiger partial charge in [-0.1, -0.05) is 31.0 Å². The minimum Gasteiger partial charge on any atom is -0.473 e. The second kappa shape index (κ2) is 5.57. The molecule has 19 heavy (non-hydrogen) atoms. The van der Waals surface area contributed by atoms with E-state index in [9.17, 15) is 0 Å². The molecule has 0 spiro atoms. The number of benzene rings is 1. The zero-order chi connectivity index (χ0) is 13.1. The number of fused-ring (bicyclic) bond motifs is 1. The Balaban J connectivity index is 1.80. The molecule has 1 aromatic carbocycles. The maximum absolute atomic E-state index is 6.19. The van der Waals surface area contributed by atoms with Crippen molar-refractivity contribution in [1.82, 2.24) is 4.98 Å². The van der Waals surface area contributed by atoms with Gasteiger partial charge in [-0.25, -0.2) is 4.98 Å². The molecule has 1 aliphatic carbocycles. The summed E-state index contributed by atoms with van der Waals surface area (Å²) in [5, 5.41) is 1.14. The summed E-state index contributed by atoms with van der Waals surface area (Å²) in [6.45, 7) is 0. The summed E-state index contributed by atoms with van der Waals surface area (Å²) in [5.41, 5.74) is 7.16. The number of nitrogens with two attached hydrogens (primary N) is 1. The van der Waals surface area contributed by atoms with E-state index >= 15 is 0 Å². The van der Waals surface area contributed by atoms with E-state index in [4.69, 9.17) is 10.5 Å². The van der Waals surface area contributed by atoms with E-state index in [1.54, 1.807) is 0 Å². The topological polar surface area (TPSA) is 48.1 Å². The molecule has 3 heteroatoms. The van der Waals surface area contributed by atoms with Crippen LogP contribution in [0.25, 0.3) is 10.9 Å². The molecule has 1 heterocycles. The Morgan fingerprint density at radius 3 is 2.79 bits per heavy atom. The van der Waals surface area contributed by atoms with Gasteiger partial charge in [0.2, 0.25) is 5.88 Å². The summed E-state index contributed by atoms with van der Waals surface area (Å²) >= 11 is 0. The van der Waals surface area contributed by atoms with Gasteiger partial charge in [-0.05, 0) is 31.4 Å². The van der Waals surface area contributed by atoms with Crippen LogP contribution in [-0.2, 0) is 0 Å². The van der Waals surface area contributed by atoms with Gasteiger partial charge in [0.15, 0.2) is 0 Å². The van der Waals surface area contributed by atoms with Gasteiger partial charge in [-0.2, -0.15) is 0 Å². The first-order valence-electron chi connectivity index (χ1n) is 7.11. The third-order valence-electron chi connectivity index (χ3n) is 3.85. The fourth-order valence-corrected chi connectivity index (χ4v) is 2.72. The summed E-state index contributed by atoms with van der Waals surface area (Å²) < 4.78 is 6.02. The number of aromatic nitrogens is 1. The zero-order valence-corrected chi connectivity index (χ0v) is 11.1. The maximum Gasteiger partial charge on any atom is 0.214 e. The minimum absolute atomic E-state index is 0.108. The molecule has 2 atom stereocenters. The quantitative estimate of drug-likeness (QED) is 0.839. The van der Waals surface area contributed by atoms with Crippen molar-refractivity contribution < 1.29 is 4.74 Å². The molecule has 2 aromatic rings. The largest absolute Gasteiger partial charge is 0.473 e. The Morgan fingerprint density at radius 2 is 1.84 bits per heavy atom. The first-order valence-corrected chi connectivity index (χ1v) is 7.11. The molecule has 100 valence electrons. The molecule has 0 aliphatic heterocycles.